The van der Waals surface area contributed by atoms with Crippen molar-refractivity contribution < 1.29 is 14.3 Å². The molecule has 0 saturated heterocycles. The average molecular weight is 262 g/mol. The predicted octanol–water partition coefficient (Wildman–Crippen LogP) is 1.03. The number of rotatable bonds is 4. The molecule has 1 heterocycles. The van der Waals surface area contributed by atoms with Crippen LogP contribution in [0.2, 0.25) is 0 Å². The summed E-state index contributed by atoms with van der Waals surface area (Å²) in [7, 11) is 1.27. The van der Waals surface area contributed by atoms with Crippen molar-refractivity contribution in [2.75, 3.05) is 19.5 Å². The lowest BCUT2D eigenvalue weighted by Crippen LogP contribution is -2.07. The molecule has 1 aromatic carbocycles. The van der Waals surface area contributed by atoms with Gasteiger partial charge in [-0.15, -0.1) is 5.10 Å². The van der Waals surface area contributed by atoms with Crippen LogP contribution in [-0.2, 0) is 4.74 Å². The fraction of sp³-hybridized carbons (Fsp3) is 0.250. The molecular weight excluding hydrogens is 248 g/mol. The second kappa shape index (κ2) is 5.38. The van der Waals surface area contributed by atoms with Crippen LogP contribution in [0.15, 0.2) is 24.5 Å². The van der Waals surface area contributed by atoms with Gasteiger partial charge in [0.05, 0.1) is 19.4 Å². The summed E-state index contributed by atoms with van der Waals surface area (Å²) < 4.78 is 11.3. The average Bonchev–Trinajstić information content (AvgIpc) is 2.90. The van der Waals surface area contributed by atoms with Crippen molar-refractivity contribution in [1.29, 1.82) is 0 Å². The van der Waals surface area contributed by atoms with Gasteiger partial charge >= 0.3 is 5.97 Å². The van der Waals surface area contributed by atoms with Crippen LogP contribution in [0.3, 0.4) is 0 Å². The number of nitrogens with zero attached hydrogens (tertiary/aromatic N) is 3. The van der Waals surface area contributed by atoms with Gasteiger partial charge in [0.25, 0.3) is 5.82 Å². The number of esters is 1. The van der Waals surface area contributed by atoms with Crippen LogP contribution < -0.4 is 10.5 Å². The molecule has 0 unspecified atom stereocenters. The van der Waals surface area contributed by atoms with Gasteiger partial charge in [0.1, 0.15) is 17.8 Å². The van der Waals surface area contributed by atoms with E-state index in [0.717, 1.165) is 0 Å². The number of anilines is 1. The Labute approximate surface area is 110 Å². The zero-order valence-corrected chi connectivity index (χ0v) is 10.7. The quantitative estimate of drug-likeness (QED) is 0.653. The van der Waals surface area contributed by atoms with Crippen LogP contribution >= 0.6 is 0 Å². The second-order valence-electron chi connectivity index (χ2n) is 3.63. The molecule has 0 atom stereocenters. The molecule has 0 radical (unpaired) electrons. The number of hydrogen-bond acceptors (Lipinski definition) is 6. The monoisotopic (exact) mass is 262 g/mol. The first kappa shape index (κ1) is 12.9. The largest absolute Gasteiger partial charge is 0.492 e. The van der Waals surface area contributed by atoms with E-state index in [-0.39, 0.29) is 5.82 Å². The van der Waals surface area contributed by atoms with Crippen molar-refractivity contribution in [3.05, 3.63) is 30.4 Å². The molecule has 0 aliphatic carbocycles. The van der Waals surface area contributed by atoms with Crippen LogP contribution in [0, 0.1) is 0 Å². The Bertz CT molecular complexity index is 594. The van der Waals surface area contributed by atoms with Gasteiger partial charge in [-0.25, -0.2) is 14.5 Å². The summed E-state index contributed by atoms with van der Waals surface area (Å²) in [5.41, 5.74) is 7.02. The van der Waals surface area contributed by atoms with Crippen molar-refractivity contribution in [3.63, 3.8) is 0 Å². The molecule has 0 saturated carbocycles. The van der Waals surface area contributed by atoms with Gasteiger partial charge in [-0.1, -0.05) is 6.07 Å². The summed E-state index contributed by atoms with van der Waals surface area (Å²) in [6, 6.07) is 5.31. The summed E-state index contributed by atoms with van der Waals surface area (Å²) in [6.07, 6.45) is 1.40. The first-order chi connectivity index (χ1) is 9.17. The minimum Gasteiger partial charge on any atom is -0.492 e. The molecule has 0 aliphatic rings. The predicted molar refractivity (Wildman–Crippen MR) is 68.3 cm³/mol. The lowest BCUT2D eigenvalue weighted by molar-refractivity contribution is 0.0587. The number of methoxy groups -OCH3 is 1. The number of benzene rings is 1. The standard InChI is InChI=1S/C12H14N4O3/c1-3-19-9-6-4-5-8(10(9)13)16-7-14-11(15-16)12(17)18-2/h4-7H,3,13H2,1-2H3. The third-order valence-corrected chi connectivity index (χ3v) is 2.45. The van der Waals surface area contributed by atoms with Gasteiger partial charge < -0.3 is 15.2 Å². The van der Waals surface area contributed by atoms with Crippen molar-refractivity contribution >= 4 is 11.7 Å². The molecule has 0 amide bonds. The lowest BCUT2D eigenvalue weighted by atomic mass is 10.2. The second-order valence-corrected chi connectivity index (χ2v) is 3.63. The van der Waals surface area contributed by atoms with E-state index in [1.807, 2.05) is 6.92 Å². The smallest absolute Gasteiger partial charge is 0.377 e. The lowest BCUT2D eigenvalue weighted by Gasteiger charge is -2.10. The maximum Gasteiger partial charge on any atom is 0.377 e. The molecule has 0 spiro atoms. The Morgan fingerprint density at radius 3 is 2.95 bits per heavy atom. The Kier molecular flexibility index (Phi) is 3.65. The maximum absolute atomic E-state index is 11.3. The highest BCUT2D eigenvalue weighted by atomic mass is 16.5. The molecule has 0 aliphatic heterocycles. The zero-order valence-electron chi connectivity index (χ0n) is 10.7. The zero-order chi connectivity index (χ0) is 13.8. The van der Waals surface area contributed by atoms with E-state index in [1.54, 1.807) is 18.2 Å². The van der Waals surface area contributed by atoms with Gasteiger partial charge in [0.15, 0.2) is 0 Å². The number of hydrogen-bond donors (Lipinski definition) is 1. The normalized spacial score (nSPS) is 10.2. The molecule has 2 N–H and O–H groups in total. The molecule has 19 heavy (non-hydrogen) atoms. The Hall–Kier alpha value is -2.57. The fourth-order valence-corrected chi connectivity index (χ4v) is 1.58. The summed E-state index contributed by atoms with van der Waals surface area (Å²) in [4.78, 5) is 15.2. The van der Waals surface area contributed by atoms with Crippen LogP contribution in [0.5, 0.6) is 5.75 Å². The van der Waals surface area contributed by atoms with Crippen molar-refractivity contribution in [2.45, 2.75) is 6.92 Å². The molecule has 0 fully saturated rings. The van der Waals surface area contributed by atoms with Crippen LogP contribution in [0.4, 0.5) is 5.69 Å². The van der Waals surface area contributed by atoms with E-state index in [2.05, 4.69) is 14.8 Å². The third-order valence-electron chi connectivity index (χ3n) is 2.45. The highest BCUT2D eigenvalue weighted by Gasteiger charge is 2.14. The number of nitrogen functional groups attached to an aromatic ring is 1. The first-order valence-corrected chi connectivity index (χ1v) is 5.69. The summed E-state index contributed by atoms with van der Waals surface area (Å²) in [6.45, 7) is 2.38. The van der Waals surface area contributed by atoms with E-state index < -0.39 is 5.97 Å². The molecular formula is C12H14N4O3. The summed E-state index contributed by atoms with van der Waals surface area (Å²) in [5.74, 6) is -0.0582. The van der Waals surface area contributed by atoms with Gasteiger partial charge in [-0.2, -0.15) is 0 Å². The molecule has 100 valence electrons. The van der Waals surface area contributed by atoms with E-state index in [9.17, 15) is 4.79 Å². The molecule has 2 rings (SSSR count). The van der Waals surface area contributed by atoms with E-state index in [1.165, 1.54) is 18.1 Å². The molecule has 1 aromatic heterocycles. The molecule has 0 bridgehead atoms. The Morgan fingerprint density at radius 2 is 2.26 bits per heavy atom. The number of para-hydroxylation sites is 1. The minimum atomic E-state index is -0.599. The number of carbonyl (C=O) groups excluding carboxylic acids is 1. The van der Waals surface area contributed by atoms with Gasteiger partial charge in [-0.05, 0) is 19.1 Å². The number of ether oxygens (including phenoxy) is 2. The van der Waals surface area contributed by atoms with Gasteiger partial charge in [0.2, 0.25) is 0 Å². The number of aromatic nitrogens is 3. The van der Waals surface area contributed by atoms with Crippen molar-refractivity contribution in [2.24, 2.45) is 0 Å². The van der Waals surface area contributed by atoms with Crippen molar-refractivity contribution in [1.82, 2.24) is 14.8 Å². The topological polar surface area (TPSA) is 92.3 Å². The summed E-state index contributed by atoms with van der Waals surface area (Å²) >= 11 is 0. The van der Waals surface area contributed by atoms with E-state index >= 15 is 0 Å². The first-order valence-electron chi connectivity index (χ1n) is 5.69. The van der Waals surface area contributed by atoms with Crippen LogP contribution in [0.25, 0.3) is 5.69 Å². The van der Waals surface area contributed by atoms with Crippen LogP contribution in [0.1, 0.15) is 17.5 Å². The Morgan fingerprint density at radius 1 is 1.47 bits per heavy atom. The van der Waals surface area contributed by atoms with E-state index in [4.69, 9.17) is 10.5 Å². The SMILES string of the molecule is CCOc1cccc(-n2cnc(C(=O)OC)n2)c1N. The van der Waals surface area contributed by atoms with Gasteiger partial charge in [-0.3, -0.25) is 0 Å². The van der Waals surface area contributed by atoms with Crippen LogP contribution in [-0.4, -0.2) is 34.5 Å². The minimum absolute atomic E-state index is 0.0243. The maximum atomic E-state index is 11.3. The van der Waals surface area contributed by atoms with Gasteiger partial charge in [0, 0.05) is 0 Å². The molecule has 2 aromatic rings. The molecule has 7 nitrogen and oxygen atoms in total. The van der Waals surface area contributed by atoms with E-state index in [0.29, 0.717) is 23.7 Å². The number of carbonyl (C=O) groups is 1. The Balaban J connectivity index is 2.39. The molecule has 7 heteroatoms. The number of nitrogens with two attached hydrogens (primary N) is 1. The fourth-order valence-electron chi connectivity index (χ4n) is 1.58. The highest BCUT2D eigenvalue weighted by Crippen LogP contribution is 2.27. The third kappa shape index (κ3) is 2.49. The van der Waals surface area contributed by atoms with Crippen molar-refractivity contribution in [3.8, 4) is 11.4 Å². The highest BCUT2D eigenvalue weighted by molar-refractivity contribution is 5.84. The summed E-state index contributed by atoms with van der Waals surface area (Å²) in [5, 5.41) is 4.01.